The molecule has 2 aromatic heterocycles. The van der Waals surface area contributed by atoms with Crippen molar-refractivity contribution >= 4 is 69.2 Å². The van der Waals surface area contributed by atoms with Crippen molar-refractivity contribution in [3.8, 4) is 0 Å². The van der Waals surface area contributed by atoms with E-state index in [0.29, 0.717) is 14.7 Å². The quantitative estimate of drug-likeness (QED) is 0.574. The highest BCUT2D eigenvalue weighted by atomic mass is 79.9. The third-order valence-electron chi connectivity index (χ3n) is 3.57. The van der Waals surface area contributed by atoms with Crippen LogP contribution < -0.4 is 10.0 Å². The number of aryl methyl sites for hydroxylation is 1. The molecule has 0 saturated carbocycles. The van der Waals surface area contributed by atoms with Gasteiger partial charge in [-0.15, -0.1) is 0 Å². The Morgan fingerprint density at radius 3 is 2.56 bits per heavy atom. The Morgan fingerprint density at radius 2 is 1.96 bits per heavy atom. The molecular formula is C14H13BrN4O5S3. The number of urea groups is 1. The maximum absolute atomic E-state index is 12.6. The predicted molar refractivity (Wildman–Crippen MR) is 105 cm³/mol. The summed E-state index contributed by atoms with van der Waals surface area (Å²) in [7, 11) is -6.05. The number of anilines is 1. The second kappa shape index (κ2) is 6.89. The number of amides is 2. The van der Waals surface area contributed by atoms with Gasteiger partial charge in [0.25, 0.3) is 10.0 Å². The number of nitrogens with zero attached hydrogens (tertiary/aromatic N) is 2. The summed E-state index contributed by atoms with van der Waals surface area (Å²) >= 11 is 4.32. The van der Waals surface area contributed by atoms with Crippen molar-refractivity contribution in [2.45, 2.75) is 9.79 Å². The zero-order valence-electron chi connectivity index (χ0n) is 13.9. The van der Waals surface area contributed by atoms with Crippen LogP contribution in [0.2, 0.25) is 0 Å². The highest BCUT2D eigenvalue weighted by Crippen LogP contribution is 2.27. The topological polar surface area (TPSA) is 127 Å². The maximum Gasteiger partial charge on any atom is 0.334 e. The summed E-state index contributed by atoms with van der Waals surface area (Å²) in [5.74, 6) is 0. The van der Waals surface area contributed by atoms with E-state index in [9.17, 15) is 21.6 Å². The van der Waals surface area contributed by atoms with E-state index in [1.807, 2.05) is 4.72 Å². The first-order chi connectivity index (χ1) is 12.5. The molecule has 27 heavy (non-hydrogen) atoms. The minimum absolute atomic E-state index is 0.0696. The fraction of sp³-hybridized carbons (Fsp3) is 0.143. The number of carbonyl (C=O) groups is 1. The zero-order chi connectivity index (χ0) is 20.0. The maximum atomic E-state index is 12.6. The van der Waals surface area contributed by atoms with Crippen LogP contribution in [0.5, 0.6) is 0 Å². The van der Waals surface area contributed by atoms with E-state index in [1.54, 1.807) is 7.05 Å². The van der Waals surface area contributed by atoms with Gasteiger partial charge in [0.1, 0.15) is 4.90 Å². The number of benzene rings is 1. The van der Waals surface area contributed by atoms with Gasteiger partial charge in [0, 0.05) is 24.9 Å². The Hall–Kier alpha value is -1.96. The molecule has 2 amide bonds. The first-order valence-corrected chi connectivity index (χ1v) is 12.2. The van der Waals surface area contributed by atoms with Crippen molar-refractivity contribution in [3.63, 3.8) is 0 Å². The van der Waals surface area contributed by atoms with Crippen LogP contribution in [0, 0.1) is 0 Å². The second-order valence-corrected chi connectivity index (χ2v) is 11.7. The lowest BCUT2D eigenvalue weighted by atomic mass is 10.2. The molecule has 0 spiro atoms. The van der Waals surface area contributed by atoms with Gasteiger partial charge in [-0.05, 0) is 28.1 Å². The SMILES string of the molecule is Cn1cc(S(=O)(=O)NC(=O)Nc2ncc(Br)s2)c2ccc(S(C)(=O)=O)cc21. The largest absolute Gasteiger partial charge is 0.349 e. The van der Waals surface area contributed by atoms with Crippen molar-refractivity contribution in [2.75, 3.05) is 11.6 Å². The van der Waals surface area contributed by atoms with Gasteiger partial charge in [0.15, 0.2) is 15.0 Å². The van der Waals surface area contributed by atoms with Gasteiger partial charge in [-0.1, -0.05) is 17.4 Å². The highest BCUT2D eigenvalue weighted by Gasteiger charge is 2.24. The number of hydrogen-bond acceptors (Lipinski definition) is 7. The van der Waals surface area contributed by atoms with E-state index in [-0.39, 0.29) is 14.9 Å². The van der Waals surface area contributed by atoms with Crippen LogP contribution in [0.15, 0.2) is 44.2 Å². The molecule has 1 aromatic carbocycles. The zero-order valence-corrected chi connectivity index (χ0v) is 18.0. The molecular weight excluding hydrogens is 480 g/mol. The molecule has 2 N–H and O–H groups in total. The molecule has 0 unspecified atom stereocenters. The van der Waals surface area contributed by atoms with Gasteiger partial charge in [-0.3, -0.25) is 5.32 Å². The van der Waals surface area contributed by atoms with Crippen LogP contribution >= 0.6 is 27.3 Å². The Kier molecular flexibility index (Phi) is 5.05. The van der Waals surface area contributed by atoms with E-state index < -0.39 is 25.9 Å². The normalized spacial score (nSPS) is 12.3. The Balaban J connectivity index is 1.94. The average molecular weight is 493 g/mol. The summed E-state index contributed by atoms with van der Waals surface area (Å²) < 4.78 is 52.7. The minimum atomic E-state index is -4.19. The molecule has 0 atom stereocenters. The van der Waals surface area contributed by atoms with Gasteiger partial charge >= 0.3 is 6.03 Å². The summed E-state index contributed by atoms with van der Waals surface area (Å²) in [6, 6.07) is 3.15. The van der Waals surface area contributed by atoms with E-state index in [1.165, 1.54) is 35.2 Å². The number of fused-ring (bicyclic) bond motifs is 1. The molecule has 0 saturated heterocycles. The molecule has 0 bridgehead atoms. The van der Waals surface area contributed by atoms with E-state index in [0.717, 1.165) is 17.6 Å². The fourth-order valence-electron chi connectivity index (χ4n) is 2.38. The van der Waals surface area contributed by atoms with Crippen molar-refractivity contribution in [1.82, 2.24) is 14.3 Å². The Morgan fingerprint density at radius 1 is 1.26 bits per heavy atom. The molecule has 0 radical (unpaired) electrons. The van der Waals surface area contributed by atoms with Gasteiger partial charge in [0.2, 0.25) is 0 Å². The van der Waals surface area contributed by atoms with E-state index in [2.05, 4.69) is 26.2 Å². The van der Waals surface area contributed by atoms with Gasteiger partial charge in [-0.2, -0.15) is 0 Å². The molecule has 0 aliphatic carbocycles. The van der Waals surface area contributed by atoms with Crippen LogP contribution in [0.25, 0.3) is 10.9 Å². The summed E-state index contributed by atoms with van der Waals surface area (Å²) in [6.45, 7) is 0. The van der Waals surface area contributed by atoms with Crippen molar-refractivity contribution < 1.29 is 21.6 Å². The summed E-state index contributed by atoms with van der Waals surface area (Å²) in [5.41, 5.74) is 0.405. The number of sulfonamides is 1. The molecule has 144 valence electrons. The number of hydrogen-bond donors (Lipinski definition) is 2. The first-order valence-electron chi connectivity index (χ1n) is 7.21. The number of rotatable bonds is 4. The van der Waals surface area contributed by atoms with Gasteiger partial charge < -0.3 is 4.57 Å². The summed E-state index contributed by atoms with van der Waals surface area (Å²) in [5, 5.41) is 2.86. The lowest BCUT2D eigenvalue weighted by molar-refractivity contribution is 0.256. The standard InChI is InChI=1S/C14H13BrN4O5S3/c1-19-7-11(9-4-3-8(5-10(9)19)26(2,21)22)27(23,24)18-13(20)17-14-16-6-12(15)25-14/h3-7H,1-2H3,(H2,16,17,18,20). The van der Waals surface area contributed by atoms with Gasteiger partial charge in [-0.25, -0.2) is 31.3 Å². The van der Waals surface area contributed by atoms with Crippen molar-refractivity contribution in [3.05, 3.63) is 34.4 Å². The molecule has 13 heteroatoms. The number of nitrogens with one attached hydrogen (secondary N) is 2. The molecule has 3 aromatic rings. The predicted octanol–water partition coefficient (Wildman–Crippen LogP) is 2.31. The number of carbonyl (C=O) groups excluding carboxylic acids is 1. The van der Waals surface area contributed by atoms with Crippen LogP contribution in [0.4, 0.5) is 9.93 Å². The smallest absolute Gasteiger partial charge is 0.334 e. The van der Waals surface area contributed by atoms with E-state index in [4.69, 9.17) is 0 Å². The lowest BCUT2D eigenvalue weighted by Crippen LogP contribution is -2.34. The van der Waals surface area contributed by atoms with Crippen molar-refractivity contribution in [2.24, 2.45) is 7.05 Å². The van der Waals surface area contributed by atoms with Crippen molar-refractivity contribution in [1.29, 1.82) is 0 Å². The van der Waals surface area contributed by atoms with Crippen LogP contribution in [0.1, 0.15) is 0 Å². The fourth-order valence-corrected chi connectivity index (χ4v) is 5.29. The highest BCUT2D eigenvalue weighted by molar-refractivity contribution is 9.11. The molecule has 9 nitrogen and oxygen atoms in total. The van der Waals surface area contributed by atoms with Crippen LogP contribution in [0.3, 0.4) is 0 Å². The molecule has 0 fully saturated rings. The lowest BCUT2D eigenvalue weighted by Gasteiger charge is -2.06. The Bertz CT molecular complexity index is 1260. The number of thiazole rings is 1. The second-order valence-electron chi connectivity index (χ2n) is 5.58. The summed E-state index contributed by atoms with van der Waals surface area (Å²) in [6.07, 6.45) is 3.85. The molecule has 0 aliphatic rings. The minimum Gasteiger partial charge on any atom is -0.349 e. The third-order valence-corrected chi connectivity index (χ3v) is 7.43. The monoisotopic (exact) mass is 492 g/mol. The summed E-state index contributed by atoms with van der Waals surface area (Å²) in [4.78, 5) is 15.8. The molecule has 2 heterocycles. The van der Waals surface area contributed by atoms with Crippen LogP contribution in [-0.4, -0.2) is 38.7 Å². The number of halogens is 1. The van der Waals surface area contributed by atoms with Crippen LogP contribution in [-0.2, 0) is 26.9 Å². The number of sulfone groups is 1. The van der Waals surface area contributed by atoms with E-state index >= 15 is 0 Å². The molecule has 0 aliphatic heterocycles. The third kappa shape index (κ3) is 4.15. The Labute approximate surface area is 167 Å². The van der Waals surface area contributed by atoms with Gasteiger partial charge in [0.05, 0.1) is 20.4 Å². The molecule has 3 rings (SSSR count). The number of aromatic nitrogens is 2. The average Bonchev–Trinajstić information content (AvgIpc) is 3.09. The first kappa shape index (κ1) is 19.8.